The molecule has 0 aromatic heterocycles. The van der Waals surface area contributed by atoms with Crippen molar-refractivity contribution in [1.82, 2.24) is 10.2 Å². The van der Waals surface area contributed by atoms with Crippen molar-refractivity contribution in [2.45, 2.75) is 18.9 Å². The van der Waals surface area contributed by atoms with E-state index in [0.717, 1.165) is 0 Å². The van der Waals surface area contributed by atoms with Gasteiger partial charge >= 0.3 is 0 Å². The Morgan fingerprint density at radius 3 is 3.00 bits per heavy atom. The molecular weight excluding hydrogens is 210 g/mol. The summed E-state index contributed by atoms with van der Waals surface area (Å²) < 4.78 is 5.06. The first kappa shape index (κ1) is 12.9. The van der Waals surface area contributed by atoms with E-state index in [0.29, 0.717) is 32.6 Å². The van der Waals surface area contributed by atoms with E-state index in [1.165, 1.54) is 7.11 Å². The molecular formula is C10H19N3O3. The van der Waals surface area contributed by atoms with Gasteiger partial charge in [0.15, 0.2) is 0 Å². The first-order valence-corrected chi connectivity index (χ1v) is 5.44. The van der Waals surface area contributed by atoms with Gasteiger partial charge < -0.3 is 20.7 Å². The predicted molar refractivity (Wildman–Crippen MR) is 58.7 cm³/mol. The van der Waals surface area contributed by atoms with Crippen LogP contribution in [0.25, 0.3) is 0 Å². The monoisotopic (exact) mass is 229 g/mol. The molecule has 0 aromatic carbocycles. The van der Waals surface area contributed by atoms with Gasteiger partial charge in [0.05, 0.1) is 12.5 Å². The molecule has 1 atom stereocenters. The Morgan fingerprint density at radius 2 is 2.38 bits per heavy atom. The first-order chi connectivity index (χ1) is 7.67. The quantitative estimate of drug-likeness (QED) is 0.627. The van der Waals surface area contributed by atoms with Gasteiger partial charge in [-0.15, -0.1) is 0 Å². The summed E-state index contributed by atoms with van der Waals surface area (Å²) in [6, 6.07) is 0. The Kier molecular flexibility index (Phi) is 5.21. The lowest BCUT2D eigenvalue weighted by Gasteiger charge is -2.22. The maximum Gasteiger partial charge on any atom is 0.225 e. The van der Waals surface area contributed by atoms with Crippen LogP contribution in [0, 0.1) is 0 Å². The zero-order valence-electron chi connectivity index (χ0n) is 9.57. The SMILES string of the molecule is COC(CN)CC(=O)N1CCNC(=O)CC1. The second-order valence-corrected chi connectivity index (χ2v) is 3.78. The van der Waals surface area contributed by atoms with Gasteiger partial charge in [0.1, 0.15) is 0 Å². The van der Waals surface area contributed by atoms with E-state index in [9.17, 15) is 9.59 Å². The molecule has 1 aliphatic rings. The fraction of sp³-hybridized carbons (Fsp3) is 0.800. The largest absolute Gasteiger partial charge is 0.380 e. The molecule has 0 saturated carbocycles. The Morgan fingerprint density at radius 1 is 1.62 bits per heavy atom. The van der Waals surface area contributed by atoms with Crippen molar-refractivity contribution in [3.63, 3.8) is 0 Å². The van der Waals surface area contributed by atoms with Gasteiger partial charge in [-0.2, -0.15) is 0 Å². The van der Waals surface area contributed by atoms with Crippen molar-refractivity contribution in [3.8, 4) is 0 Å². The van der Waals surface area contributed by atoms with Crippen LogP contribution in [0.4, 0.5) is 0 Å². The Hall–Kier alpha value is -1.14. The minimum atomic E-state index is -0.237. The molecule has 0 aliphatic carbocycles. The number of hydrogen-bond donors (Lipinski definition) is 2. The van der Waals surface area contributed by atoms with Crippen LogP contribution in [0.5, 0.6) is 0 Å². The standard InChI is InChI=1S/C10H19N3O3/c1-16-8(7-11)6-10(15)13-4-2-9(14)12-3-5-13/h8H,2-7,11H2,1H3,(H,12,14). The van der Waals surface area contributed by atoms with Crippen molar-refractivity contribution in [1.29, 1.82) is 0 Å². The van der Waals surface area contributed by atoms with Crippen LogP contribution in [0.2, 0.25) is 0 Å². The molecule has 1 saturated heterocycles. The van der Waals surface area contributed by atoms with Gasteiger partial charge in [-0.05, 0) is 0 Å². The summed E-state index contributed by atoms with van der Waals surface area (Å²) in [5.74, 6) is -0.00813. The van der Waals surface area contributed by atoms with E-state index in [2.05, 4.69) is 5.32 Å². The average molecular weight is 229 g/mol. The summed E-state index contributed by atoms with van der Waals surface area (Å²) in [6.07, 6.45) is 0.409. The third kappa shape index (κ3) is 3.79. The van der Waals surface area contributed by atoms with Gasteiger partial charge in [-0.3, -0.25) is 9.59 Å². The minimum absolute atomic E-state index is 0.00239. The Labute approximate surface area is 95.1 Å². The number of carbonyl (C=O) groups is 2. The number of ether oxygens (including phenoxy) is 1. The summed E-state index contributed by atoms with van der Waals surface area (Å²) in [7, 11) is 1.54. The van der Waals surface area contributed by atoms with Crippen LogP contribution in [0.3, 0.4) is 0 Å². The van der Waals surface area contributed by atoms with Crippen molar-refractivity contribution < 1.29 is 14.3 Å². The molecule has 0 spiro atoms. The zero-order valence-corrected chi connectivity index (χ0v) is 9.57. The summed E-state index contributed by atoms with van der Waals surface area (Å²) >= 11 is 0. The maximum atomic E-state index is 11.8. The van der Waals surface area contributed by atoms with Gasteiger partial charge in [-0.1, -0.05) is 0 Å². The van der Waals surface area contributed by atoms with Gasteiger partial charge in [0.2, 0.25) is 11.8 Å². The molecule has 1 aliphatic heterocycles. The maximum absolute atomic E-state index is 11.8. The number of amides is 2. The smallest absolute Gasteiger partial charge is 0.225 e. The molecule has 1 fully saturated rings. The highest BCUT2D eigenvalue weighted by Gasteiger charge is 2.20. The molecule has 1 heterocycles. The van der Waals surface area contributed by atoms with Crippen molar-refractivity contribution in [3.05, 3.63) is 0 Å². The van der Waals surface area contributed by atoms with Crippen LogP contribution >= 0.6 is 0 Å². The molecule has 92 valence electrons. The van der Waals surface area contributed by atoms with E-state index in [4.69, 9.17) is 10.5 Å². The lowest BCUT2D eigenvalue weighted by Crippen LogP contribution is -2.38. The van der Waals surface area contributed by atoms with Crippen LogP contribution in [0.1, 0.15) is 12.8 Å². The lowest BCUT2D eigenvalue weighted by atomic mass is 10.2. The number of nitrogens with zero attached hydrogens (tertiary/aromatic N) is 1. The second-order valence-electron chi connectivity index (χ2n) is 3.78. The fourth-order valence-electron chi connectivity index (χ4n) is 1.60. The third-order valence-corrected chi connectivity index (χ3v) is 2.66. The highest BCUT2D eigenvalue weighted by Crippen LogP contribution is 2.03. The number of nitrogens with one attached hydrogen (secondary N) is 1. The molecule has 1 rings (SSSR count). The molecule has 1 unspecified atom stereocenters. The zero-order chi connectivity index (χ0) is 12.0. The number of hydrogen-bond acceptors (Lipinski definition) is 4. The number of methoxy groups -OCH3 is 1. The average Bonchev–Trinajstić information content (AvgIpc) is 2.50. The first-order valence-electron chi connectivity index (χ1n) is 5.44. The molecule has 2 amide bonds. The third-order valence-electron chi connectivity index (χ3n) is 2.66. The minimum Gasteiger partial charge on any atom is -0.380 e. The van der Waals surface area contributed by atoms with E-state index in [1.54, 1.807) is 4.90 Å². The lowest BCUT2D eigenvalue weighted by molar-refractivity contribution is -0.133. The second kappa shape index (κ2) is 6.44. The molecule has 3 N–H and O–H groups in total. The van der Waals surface area contributed by atoms with Gasteiger partial charge in [0, 0.05) is 39.7 Å². The summed E-state index contributed by atoms with van der Waals surface area (Å²) in [5.41, 5.74) is 5.45. The molecule has 0 aromatic rings. The van der Waals surface area contributed by atoms with E-state index >= 15 is 0 Å². The van der Waals surface area contributed by atoms with E-state index in [-0.39, 0.29) is 24.3 Å². The van der Waals surface area contributed by atoms with E-state index in [1.807, 2.05) is 0 Å². The van der Waals surface area contributed by atoms with Crippen LogP contribution < -0.4 is 11.1 Å². The summed E-state index contributed by atoms with van der Waals surface area (Å²) in [5, 5.41) is 2.72. The predicted octanol–water partition coefficient (Wildman–Crippen LogP) is -1.30. The number of carbonyl (C=O) groups excluding carboxylic acids is 2. The summed E-state index contributed by atoms with van der Waals surface area (Å²) in [6.45, 7) is 1.88. The van der Waals surface area contributed by atoms with Crippen LogP contribution in [-0.4, -0.2) is 56.1 Å². The Balaban J connectivity index is 2.43. The Bertz CT molecular complexity index is 254. The van der Waals surface area contributed by atoms with Crippen molar-refractivity contribution in [2.75, 3.05) is 33.3 Å². The molecule has 0 radical (unpaired) electrons. The molecule has 16 heavy (non-hydrogen) atoms. The van der Waals surface area contributed by atoms with Crippen LogP contribution in [0.15, 0.2) is 0 Å². The molecule has 6 nitrogen and oxygen atoms in total. The van der Waals surface area contributed by atoms with Crippen molar-refractivity contribution >= 4 is 11.8 Å². The van der Waals surface area contributed by atoms with Crippen LogP contribution in [-0.2, 0) is 14.3 Å². The summed E-state index contributed by atoms with van der Waals surface area (Å²) in [4.78, 5) is 24.6. The van der Waals surface area contributed by atoms with E-state index < -0.39 is 0 Å². The topological polar surface area (TPSA) is 84.7 Å². The number of nitrogens with two attached hydrogens (primary N) is 1. The normalized spacial score (nSPS) is 18.9. The highest BCUT2D eigenvalue weighted by atomic mass is 16.5. The van der Waals surface area contributed by atoms with Gasteiger partial charge in [0.25, 0.3) is 0 Å². The van der Waals surface area contributed by atoms with Gasteiger partial charge in [-0.25, -0.2) is 0 Å². The van der Waals surface area contributed by atoms with Crippen molar-refractivity contribution in [2.24, 2.45) is 5.73 Å². The molecule has 6 heteroatoms. The fourth-order valence-corrected chi connectivity index (χ4v) is 1.60. The number of rotatable bonds is 4. The molecule has 0 bridgehead atoms. The highest BCUT2D eigenvalue weighted by molar-refractivity contribution is 5.80.